The van der Waals surface area contributed by atoms with Crippen LogP contribution in [-0.4, -0.2) is 7.25 Å². The topological polar surface area (TPSA) is 7.76 Å². The van der Waals surface area contributed by atoms with Gasteiger partial charge in [0.2, 0.25) is 0 Å². The fourth-order valence-corrected chi connectivity index (χ4v) is 3.75. The molecule has 0 bridgehead atoms. The van der Waals surface area contributed by atoms with Crippen molar-refractivity contribution in [1.82, 2.24) is 0 Å². The molecular weight excluding hydrogens is 427 g/mol. The van der Waals surface area contributed by atoms with Gasteiger partial charge in [-0.2, -0.15) is 0 Å². The van der Waals surface area contributed by atoms with Crippen molar-refractivity contribution in [3.05, 3.63) is 49.1 Å². The van der Waals surface area contributed by atoms with Crippen molar-refractivity contribution in [3.8, 4) is 11.1 Å². The molecule has 7 heteroatoms. The van der Waals surface area contributed by atoms with E-state index in [1.54, 1.807) is 0 Å². The predicted octanol–water partition coefficient (Wildman–Crippen LogP) is 7.95. The lowest BCUT2D eigenvalue weighted by Gasteiger charge is -2.02. The molecule has 0 aliphatic rings. The first-order valence-electron chi connectivity index (χ1n) is 12.7. The molecule has 33 heavy (non-hydrogen) atoms. The Hall–Kier alpha value is -1.92. The van der Waals surface area contributed by atoms with Gasteiger partial charge in [0, 0.05) is 37.1 Å². The Kier molecular flexibility index (Phi) is 15.5. The normalized spacial score (nSPS) is 11.2. The van der Waals surface area contributed by atoms with Crippen molar-refractivity contribution in [3.63, 3.8) is 0 Å². The standard InChI is InChI=1S/C26H42N2.BF4/c1-3-5-7-9-11-13-19-27-21-15-25(16-22-27)26-17-23-28(24-18-26)20-14-12-10-8-6-4-2;2-1(3,4)5/h15-18,21-24H,3-14,19-20H2,1-2H3;/q+2;-1. The molecule has 0 saturated heterocycles. The van der Waals surface area contributed by atoms with Crippen LogP contribution >= 0.6 is 0 Å². The molecular formula is C26H42BF4N2+. The quantitative estimate of drug-likeness (QED) is 0.108. The Balaban J connectivity index is 0.000000981. The first-order chi connectivity index (χ1) is 15.8. The minimum atomic E-state index is -6.00. The van der Waals surface area contributed by atoms with E-state index in [9.17, 15) is 17.3 Å². The highest BCUT2D eigenvalue weighted by molar-refractivity contribution is 6.50. The number of nitrogens with zero attached hydrogens (tertiary/aromatic N) is 2. The molecule has 0 aromatic carbocycles. The molecule has 0 spiro atoms. The van der Waals surface area contributed by atoms with Crippen LogP contribution in [0.25, 0.3) is 11.1 Å². The molecule has 0 aliphatic heterocycles. The maximum absolute atomic E-state index is 9.75. The summed E-state index contributed by atoms with van der Waals surface area (Å²) in [6, 6.07) is 9.02. The Morgan fingerprint density at radius 3 is 1.09 bits per heavy atom. The number of aryl methyl sites for hydroxylation is 2. The van der Waals surface area contributed by atoms with Gasteiger partial charge in [-0.15, -0.1) is 0 Å². The maximum atomic E-state index is 9.75. The van der Waals surface area contributed by atoms with E-state index >= 15 is 0 Å². The van der Waals surface area contributed by atoms with Gasteiger partial charge >= 0.3 is 7.25 Å². The molecule has 0 radical (unpaired) electrons. The summed E-state index contributed by atoms with van der Waals surface area (Å²) < 4.78 is 43.6. The van der Waals surface area contributed by atoms with Crippen molar-refractivity contribution < 1.29 is 26.4 Å². The summed E-state index contributed by atoms with van der Waals surface area (Å²) in [5, 5.41) is 0. The lowest BCUT2D eigenvalue weighted by atomic mass is 10.1. The molecule has 0 saturated carbocycles. The van der Waals surface area contributed by atoms with Gasteiger partial charge in [-0.25, -0.2) is 9.13 Å². The first kappa shape index (κ1) is 29.1. The Labute approximate surface area is 198 Å². The number of hydrogen-bond donors (Lipinski definition) is 0. The minimum absolute atomic E-state index is 1.14. The van der Waals surface area contributed by atoms with Crippen LogP contribution in [0.4, 0.5) is 17.3 Å². The Morgan fingerprint density at radius 2 is 0.788 bits per heavy atom. The molecule has 0 amide bonds. The third-order valence-electron chi connectivity index (χ3n) is 5.66. The van der Waals surface area contributed by atoms with E-state index in [1.165, 1.54) is 88.2 Å². The third-order valence-corrected chi connectivity index (χ3v) is 5.66. The molecule has 0 atom stereocenters. The van der Waals surface area contributed by atoms with Crippen molar-refractivity contribution in [2.45, 2.75) is 104 Å². The lowest BCUT2D eigenvalue weighted by Crippen LogP contribution is -2.33. The number of halogens is 4. The molecule has 0 N–H and O–H groups in total. The summed E-state index contributed by atoms with van der Waals surface area (Å²) in [4.78, 5) is 0. The molecule has 0 unspecified atom stereocenters. The molecule has 0 fully saturated rings. The zero-order valence-corrected chi connectivity index (χ0v) is 20.5. The second kappa shape index (κ2) is 17.5. The van der Waals surface area contributed by atoms with E-state index < -0.39 is 7.25 Å². The molecule has 2 aromatic heterocycles. The summed E-state index contributed by atoms with van der Waals surface area (Å²) in [6.45, 7) is 6.83. The number of pyridine rings is 2. The highest BCUT2D eigenvalue weighted by Gasteiger charge is 2.20. The molecule has 2 rings (SSSR count). The molecule has 2 heterocycles. The van der Waals surface area contributed by atoms with Crippen LogP contribution in [0.15, 0.2) is 49.1 Å². The highest BCUT2D eigenvalue weighted by atomic mass is 19.5. The van der Waals surface area contributed by atoms with Gasteiger partial charge in [0.25, 0.3) is 0 Å². The SMILES string of the molecule is CCCCCCCC[n+]1ccc(-c2cc[n+](CCCCCCCC)cc2)cc1.F[B-](F)(F)F. The van der Waals surface area contributed by atoms with Crippen molar-refractivity contribution in [1.29, 1.82) is 0 Å². The average Bonchev–Trinajstić information content (AvgIpc) is 2.78. The smallest absolute Gasteiger partial charge is 0.418 e. The highest BCUT2D eigenvalue weighted by Crippen LogP contribution is 2.16. The monoisotopic (exact) mass is 469 g/mol. The van der Waals surface area contributed by atoms with Crippen molar-refractivity contribution in [2.24, 2.45) is 0 Å². The number of unbranched alkanes of at least 4 members (excludes halogenated alkanes) is 10. The van der Waals surface area contributed by atoms with E-state index in [-0.39, 0.29) is 0 Å². The van der Waals surface area contributed by atoms with Crippen LogP contribution in [0.1, 0.15) is 90.9 Å². The fraction of sp³-hybridized carbons (Fsp3) is 0.615. The van der Waals surface area contributed by atoms with Crippen LogP contribution in [0.2, 0.25) is 0 Å². The summed E-state index contributed by atoms with van der Waals surface area (Å²) in [6.07, 6.45) is 25.2. The minimum Gasteiger partial charge on any atom is -0.418 e. The van der Waals surface area contributed by atoms with Crippen LogP contribution in [-0.2, 0) is 13.1 Å². The Morgan fingerprint density at radius 1 is 0.515 bits per heavy atom. The Bertz CT molecular complexity index is 655. The van der Waals surface area contributed by atoms with Gasteiger partial charge in [0.1, 0.15) is 13.1 Å². The number of hydrogen-bond acceptors (Lipinski definition) is 0. The zero-order valence-electron chi connectivity index (χ0n) is 20.5. The number of aromatic nitrogens is 2. The van der Waals surface area contributed by atoms with E-state index in [0.717, 1.165) is 13.1 Å². The molecule has 2 nitrogen and oxygen atoms in total. The van der Waals surface area contributed by atoms with Gasteiger partial charge in [-0.05, 0) is 24.0 Å². The van der Waals surface area contributed by atoms with Gasteiger partial charge in [-0.3, -0.25) is 0 Å². The summed E-state index contributed by atoms with van der Waals surface area (Å²) in [5.41, 5.74) is 2.62. The lowest BCUT2D eigenvalue weighted by molar-refractivity contribution is -0.697. The van der Waals surface area contributed by atoms with E-state index in [1.807, 2.05) is 0 Å². The van der Waals surface area contributed by atoms with Crippen molar-refractivity contribution >= 4 is 7.25 Å². The summed E-state index contributed by atoms with van der Waals surface area (Å²) in [7, 11) is -6.00. The molecule has 2 aromatic rings. The van der Waals surface area contributed by atoms with Gasteiger partial charge in [0.05, 0.1) is 0 Å². The number of rotatable bonds is 15. The van der Waals surface area contributed by atoms with Gasteiger partial charge < -0.3 is 17.3 Å². The summed E-state index contributed by atoms with van der Waals surface area (Å²) in [5.74, 6) is 0. The fourth-order valence-electron chi connectivity index (χ4n) is 3.75. The second-order valence-corrected chi connectivity index (χ2v) is 8.68. The van der Waals surface area contributed by atoms with Crippen LogP contribution in [0, 0.1) is 0 Å². The zero-order chi connectivity index (χ0) is 24.4. The van der Waals surface area contributed by atoms with Gasteiger partial charge in [-0.1, -0.05) is 65.2 Å². The van der Waals surface area contributed by atoms with Crippen LogP contribution < -0.4 is 9.13 Å². The second-order valence-electron chi connectivity index (χ2n) is 8.68. The van der Waals surface area contributed by atoms with Gasteiger partial charge in [0.15, 0.2) is 24.8 Å². The molecule has 186 valence electrons. The predicted molar refractivity (Wildman–Crippen MR) is 129 cm³/mol. The summed E-state index contributed by atoms with van der Waals surface area (Å²) >= 11 is 0. The first-order valence-corrected chi connectivity index (χ1v) is 12.7. The maximum Gasteiger partial charge on any atom is 0.673 e. The van der Waals surface area contributed by atoms with Crippen molar-refractivity contribution in [2.75, 3.05) is 0 Å². The van der Waals surface area contributed by atoms with E-state index in [0.29, 0.717) is 0 Å². The van der Waals surface area contributed by atoms with E-state index in [4.69, 9.17) is 0 Å². The van der Waals surface area contributed by atoms with Crippen LogP contribution in [0.3, 0.4) is 0 Å². The third kappa shape index (κ3) is 16.4. The molecule has 0 aliphatic carbocycles. The largest absolute Gasteiger partial charge is 0.673 e. The van der Waals surface area contributed by atoms with Crippen LogP contribution in [0.5, 0.6) is 0 Å². The van der Waals surface area contributed by atoms with E-state index in [2.05, 4.69) is 72.0 Å². The average molecular weight is 469 g/mol.